The molecule has 0 aliphatic carbocycles. The van der Waals surface area contributed by atoms with E-state index in [2.05, 4.69) is 37.8 Å². The third-order valence-corrected chi connectivity index (χ3v) is 3.46. The fourth-order valence-electron chi connectivity index (χ4n) is 2.39. The van der Waals surface area contributed by atoms with Crippen molar-refractivity contribution in [3.05, 3.63) is 30.1 Å². The lowest BCUT2D eigenvalue weighted by Crippen LogP contribution is -2.27. The van der Waals surface area contributed by atoms with E-state index in [9.17, 15) is 0 Å². The molecule has 0 atom stereocenters. The van der Waals surface area contributed by atoms with Crippen LogP contribution in [0.25, 0.3) is 0 Å². The molecular formula is C14H20N6O. The smallest absolute Gasteiger partial charge is 0.212 e. The van der Waals surface area contributed by atoms with Crippen LogP contribution in [0.4, 0.5) is 5.69 Å². The molecule has 0 saturated carbocycles. The molecule has 1 aromatic heterocycles. The van der Waals surface area contributed by atoms with E-state index in [4.69, 9.17) is 4.74 Å². The van der Waals surface area contributed by atoms with Gasteiger partial charge in [-0.2, -0.15) is 4.80 Å². The molecule has 7 heteroatoms. The molecule has 1 saturated heterocycles. The number of benzene rings is 1. The number of anilines is 1. The summed E-state index contributed by atoms with van der Waals surface area (Å²) < 4.78 is 5.66. The summed E-state index contributed by atoms with van der Waals surface area (Å²) in [4.78, 5) is 3.82. The van der Waals surface area contributed by atoms with Crippen molar-refractivity contribution in [1.29, 1.82) is 0 Å². The monoisotopic (exact) mass is 288 g/mol. The summed E-state index contributed by atoms with van der Waals surface area (Å²) in [6, 6.07) is 8.18. The van der Waals surface area contributed by atoms with Crippen LogP contribution in [0.1, 0.15) is 12.2 Å². The van der Waals surface area contributed by atoms with E-state index in [1.165, 1.54) is 16.9 Å². The van der Waals surface area contributed by atoms with E-state index in [1.54, 1.807) is 7.05 Å². The fourth-order valence-corrected chi connectivity index (χ4v) is 2.39. The summed E-state index contributed by atoms with van der Waals surface area (Å²) in [5.74, 6) is 1.40. The lowest BCUT2D eigenvalue weighted by molar-refractivity contribution is 0.295. The second kappa shape index (κ2) is 6.53. The number of hydrogen-bond donors (Lipinski definition) is 1. The summed E-state index contributed by atoms with van der Waals surface area (Å²) in [7, 11) is 1.74. The van der Waals surface area contributed by atoms with Crippen LogP contribution in [0.5, 0.6) is 5.75 Å². The average Bonchev–Trinajstić information content (AvgIpc) is 2.76. The van der Waals surface area contributed by atoms with Gasteiger partial charge in [0.1, 0.15) is 5.75 Å². The Morgan fingerprint density at radius 3 is 2.81 bits per heavy atom. The Kier molecular flexibility index (Phi) is 4.30. The van der Waals surface area contributed by atoms with Crippen molar-refractivity contribution in [2.24, 2.45) is 7.05 Å². The van der Waals surface area contributed by atoms with Gasteiger partial charge in [-0.25, -0.2) is 0 Å². The minimum Gasteiger partial charge on any atom is -0.485 e. The zero-order chi connectivity index (χ0) is 14.5. The predicted octanol–water partition coefficient (Wildman–Crippen LogP) is 0.589. The van der Waals surface area contributed by atoms with Crippen LogP contribution < -0.4 is 15.0 Å². The fraction of sp³-hybridized carbons (Fsp3) is 0.500. The van der Waals surface area contributed by atoms with Crippen molar-refractivity contribution in [3.8, 4) is 5.75 Å². The summed E-state index contributed by atoms with van der Waals surface area (Å²) in [6.07, 6.45) is 1.18. The maximum absolute atomic E-state index is 5.66. The molecule has 21 heavy (non-hydrogen) atoms. The minimum atomic E-state index is 0.334. The molecular weight excluding hydrogens is 268 g/mol. The molecule has 0 spiro atoms. The van der Waals surface area contributed by atoms with E-state index < -0.39 is 0 Å². The standard InChI is InChI=1S/C14H20N6O/c1-19-17-14(16-18-19)11-21-13-5-3-12(4-6-13)20-9-2-7-15-8-10-20/h3-6,15H,2,7-11H2,1H3. The molecule has 0 amide bonds. The van der Waals surface area contributed by atoms with Crippen molar-refractivity contribution in [3.63, 3.8) is 0 Å². The van der Waals surface area contributed by atoms with Gasteiger partial charge < -0.3 is 15.0 Å². The van der Waals surface area contributed by atoms with Gasteiger partial charge in [-0.15, -0.1) is 10.2 Å². The van der Waals surface area contributed by atoms with Gasteiger partial charge >= 0.3 is 0 Å². The first-order valence-corrected chi connectivity index (χ1v) is 7.23. The Morgan fingerprint density at radius 1 is 1.19 bits per heavy atom. The largest absolute Gasteiger partial charge is 0.485 e. The molecule has 2 heterocycles. The van der Waals surface area contributed by atoms with Crippen molar-refractivity contribution < 1.29 is 4.74 Å². The third-order valence-electron chi connectivity index (χ3n) is 3.46. The number of nitrogens with zero attached hydrogens (tertiary/aromatic N) is 5. The number of ether oxygens (including phenoxy) is 1. The maximum Gasteiger partial charge on any atom is 0.212 e. The van der Waals surface area contributed by atoms with Crippen LogP contribution in [0.2, 0.25) is 0 Å². The highest BCUT2D eigenvalue weighted by Crippen LogP contribution is 2.20. The van der Waals surface area contributed by atoms with Crippen LogP contribution >= 0.6 is 0 Å². The second-order valence-electron chi connectivity index (χ2n) is 5.07. The van der Waals surface area contributed by atoms with Crippen LogP contribution in [0.15, 0.2) is 24.3 Å². The molecule has 112 valence electrons. The van der Waals surface area contributed by atoms with E-state index in [1.807, 2.05) is 12.1 Å². The highest BCUT2D eigenvalue weighted by Gasteiger charge is 2.09. The quantitative estimate of drug-likeness (QED) is 0.888. The molecule has 1 aliphatic heterocycles. The lowest BCUT2D eigenvalue weighted by Gasteiger charge is -2.22. The summed E-state index contributed by atoms with van der Waals surface area (Å²) in [5, 5.41) is 15.2. The normalized spacial score (nSPS) is 15.8. The van der Waals surface area contributed by atoms with Gasteiger partial charge in [-0.1, -0.05) is 0 Å². The van der Waals surface area contributed by atoms with Crippen molar-refractivity contribution >= 4 is 5.69 Å². The topological polar surface area (TPSA) is 68.1 Å². The minimum absolute atomic E-state index is 0.334. The summed E-state index contributed by atoms with van der Waals surface area (Å²) in [6.45, 7) is 4.61. The molecule has 1 N–H and O–H groups in total. The molecule has 7 nitrogen and oxygen atoms in total. The van der Waals surface area contributed by atoms with Gasteiger partial charge in [-0.3, -0.25) is 0 Å². The summed E-state index contributed by atoms with van der Waals surface area (Å²) >= 11 is 0. The Labute approximate surface area is 123 Å². The molecule has 3 rings (SSSR count). The van der Waals surface area contributed by atoms with E-state index in [0.29, 0.717) is 12.4 Å². The third kappa shape index (κ3) is 3.69. The van der Waals surface area contributed by atoms with Gasteiger partial charge in [0.05, 0.1) is 7.05 Å². The predicted molar refractivity (Wildman–Crippen MR) is 79.3 cm³/mol. The van der Waals surface area contributed by atoms with Crippen molar-refractivity contribution in [2.75, 3.05) is 31.1 Å². The Bertz CT molecular complexity index is 559. The van der Waals surface area contributed by atoms with Gasteiger partial charge in [0.25, 0.3) is 0 Å². The van der Waals surface area contributed by atoms with Crippen LogP contribution in [-0.4, -0.2) is 46.4 Å². The SMILES string of the molecule is Cn1nnc(COc2ccc(N3CCCNCC3)cc2)n1. The van der Waals surface area contributed by atoms with Crippen LogP contribution in [0.3, 0.4) is 0 Å². The van der Waals surface area contributed by atoms with E-state index in [-0.39, 0.29) is 0 Å². The van der Waals surface area contributed by atoms with E-state index in [0.717, 1.165) is 31.9 Å². The zero-order valence-electron chi connectivity index (χ0n) is 12.2. The number of tetrazole rings is 1. The number of rotatable bonds is 4. The number of hydrogen-bond acceptors (Lipinski definition) is 6. The highest BCUT2D eigenvalue weighted by molar-refractivity contribution is 5.49. The first-order valence-electron chi connectivity index (χ1n) is 7.23. The van der Waals surface area contributed by atoms with Gasteiger partial charge in [-0.05, 0) is 42.4 Å². The number of aromatic nitrogens is 4. The van der Waals surface area contributed by atoms with Gasteiger partial charge in [0, 0.05) is 25.3 Å². The molecule has 0 radical (unpaired) electrons. The molecule has 2 aromatic rings. The Morgan fingerprint density at radius 2 is 2.05 bits per heavy atom. The maximum atomic E-state index is 5.66. The van der Waals surface area contributed by atoms with Crippen LogP contribution in [-0.2, 0) is 13.7 Å². The van der Waals surface area contributed by atoms with E-state index >= 15 is 0 Å². The Hall–Kier alpha value is -2.15. The highest BCUT2D eigenvalue weighted by atomic mass is 16.5. The molecule has 1 fully saturated rings. The first-order chi connectivity index (χ1) is 10.3. The molecule has 0 unspecified atom stereocenters. The molecule has 1 aromatic carbocycles. The molecule has 0 bridgehead atoms. The Balaban J connectivity index is 1.58. The van der Waals surface area contributed by atoms with Crippen molar-refractivity contribution in [2.45, 2.75) is 13.0 Å². The van der Waals surface area contributed by atoms with Gasteiger partial charge in [0.15, 0.2) is 6.61 Å². The first kappa shape index (κ1) is 13.8. The van der Waals surface area contributed by atoms with Crippen LogP contribution in [0, 0.1) is 0 Å². The zero-order valence-corrected chi connectivity index (χ0v) is 12.2. The lowest BCUT2D eigenvalue weighted by atomic mass is 10.2. The second-order valence-corrected chi connectivity index (χ2v) is 5.07. The summed E-state index contributed by atoms with van der Waals surface area (Å²) in [5.41, 5.74) is 1.24. The van der Waals surface area contributed by atoms with Gasteiger partial charge in [0.2, 0.25) is 5.82 Å². The van der Waals surface area contributed by atoms with Crippen molar-refractivity contribution in [1.82, 2.24) is 25.5 Å². The molecule has 1 aliphatic rings. The number of aryl methyl sites for hydroxylation is 1. The average molecular weight is 288 g/mol. The number of nitrogens with one attached hydrogen (secondary N) is 1.